The Morgan fingerprint density at radius 3 is 1.07 bits per heavy atom. The van der Waals surface area contributed by atoms with Gasteiger partial charge in [-0.3, -0.25) is 0 Å². The van der Waals surface area contributed by atoms with Crippen LogP contribution in [-0.4, -0.2) is 0 Å². The molecule has 0 aliphatic carbocycles. The van der Waals surface area contributed by atoms with Crippen molar-refractivity contribution in [2.75, 3.05) is 0 Å². The third-order valence-corrected chi connectivity index (χ3v) is 0.703. The highest BCUT2D eigenvalue weighted by molar-refractivity contribution is 5.17. The lowest BCUT2D eigenvalue weighted by Gasteiger charge is -1.80. The van der Waals surface area contributed by atoms with Crippen molar-refractivity contribution in [1.29, 1.82) is 0 Å². The van der Waals surface area contributed by atoms with Crippen molar-refractivity contribution in [3.05, 3.63) is 37.0 Å². The third kappa shape index (κ3) is 93.5. The second-order valence-electron chi connectivity index (χ2n) is 1.35. The van der Waals surface area contributed by atoms with Crippen LogP contribution >= 0.6 is 0 Å². The predicted octanol–water partition coefficient (Wildman–Crippen LogP) is 6.41. The normalized spacial score (nSPS) is 6.60. The Labute approximate surface area is 99.8 Å². The Morgan fingerprint density at radius 2 is 1.00 bits per heavy atom. The topological polar surface area (TPSA) is 0 Å². The average molecular weight is 214 g/mol. The van der Waals surface area contributed by atoms with E-state index < -0.39 is 0 Å². The Balaban J connectivity index is -0.0000000353. The maximum atomic E-state index is 3.56. The van der Waals surface area contributed by atoms with Gasteiger partial charge in [-0.25, -0.2) is 0 Å². The van der Waals surface area contributed by atoms with Gasteiger partial charge in [-0.2, -0.15) is 0 Å². The first-order chi connectivity index (χ1) is 7.31. The SMILES string of the molecule is C=C/C=C(/C)C=C.CC.CC.CC.CC. The van der Waals surface area contributed by atoms with E-state index >= 15 is 0 Å². The standard InChI is InChI=1S/C7H10.4C2H6/c1-4-6-7(3)5-2;4*1-2/h4-6H,1-2H2,3H3;4*1-2H3/b7-6-;;;;. The zero-order chi connectivity index (χ0) is 13.7. The van der Waals surface area contributed by atoms with Gasteiger partial charge in [-0.15, -0.1) is 0 Å². The fourth-order valence-electron chi connectivity index (χ4n) is 0.254. The van der Waals surface area contributed by atoms with Crippen LogP contribution in [0.25, 0.3) is 0 Å². The first kappa shape index (κ1) is 29.2. The fourth-order valence-corrected chi connectivity index (χ4v) is 0.254. The van der Waals surface area contributed by atoms with Gasteiger partial charge in [0.15, 0.2) is 0 Å². The lowest BCUT2D eigenvalue weighted by Crippen LogP contribution is -1.58. The average Bonchev–Trinajstić information content (AvgIpc) is 2.39. The number of hydrogen-bond donors (Lipinski definition) is 0. The van der Waals surface area contributed by atoms with Gasteiger partial charge in [0.1, 0.15) is 0 Å². The van der Waals surface area contributed by atoms with E-state index in [1.54, 1.807) is 12.2 Å². The van der Waals surface area contributed by atoms with Gasteiger partial charge in [0.05, 0.1) is 0 Å². The molecular formula is C15H34. The lowest BCUT2D eigenvalue weighted by molar-refractivity contribution is 1.50. The van der Waals surface area contributed by atoms with Crippen molar-refractivity contribution in [3.8, 4) is 0 Å². The van der Waals surface area contributed by atoms with Crippen LogP contribution in [0.3, 0.4) is 0 Å². The van der Waals surface area contributed by atoms with E-state index in [2.05, 4.69) is 13.2 Å². The van der Waals surface area contributed by atoms with Gasteiger partial charge >= 0.3 is 0 Å². The second-order valence-corrected chi connectivity index (χ2v) is 1.35. The van der Waals surface area contributed by atoms with Crippen LogP contribution < -0.4 is 0 Å². The molecule has 0 aromatic carbocycles. The highest BCUT2D eigenvalue weighted by Gasteiger charge is 1.68. The minimum Gasteiger partial charge on any atom is -0.0991 e. The Kier molecular flexibility index (Phi) is 141. The van der Waals surface area contributed by atoms with Crippen molar-refractivity contribution < 1.29 is 0 Å². The van der Waals surface area contributed by atoms with Gasteiger partial charge < -0.3 is 0 Å². The molecule has 15 heavy (non-hydrogen) atoms. The van der Waals surface area contributed by atoms with Crippen molar-refractivity contribution in [3.63, 3.8) is 0 Å². The van der Waals surface area contributed by atoms with E-state index in [0.29, 0.717) is 0 Å². The summed E-state index contributed by atoms with van der Waals surface area (Å²) in [5, 5.41) is 0. The van der Waals surface area contributed by atoms with Crippen LogP contribution in [0.1, 0.15) is 62.3 Å². The van der Waals surface area contributed by atoms with E-state index in [0.717, 1.165) is 5.57 Å². The second kappa shape index (κ2) is 72.4. The highest BCUT2D eigenvalue weighted by Crippen LogP contribution is 1.90. The van der Waals surface area contributed by atoms with Crippen LogP contribution in [0.5, 0.6) is 0 Å². The zero-order valence-corrected chi connectivity index (χ0v) is 12.6. The van der Waals surface area contributed by atoms with E-state index in [1.165, 1.54) is 0 Å². The predicted molar refractivity (Wildman–Crippen MR) is 79.5 cm³/mol. The summed E-state index contributed by atoms with van der Waals surface area (Å²) >= 11 is 0. The van der Waals surface area contributed by atoms with Gasteiger partial charge in [-0.1, -0.05) is 92.3 Å². The Hall–Kier alpha value is -0.780. The summed E-state index contributed by atoms with van der Waals surface area (Å²) in [4.78, 5) is 0. The third-order valence-electron chi connectivity index (χ3n) is 0.703. The van der Waals surface area contributed by atoms with Crippen LogP contribution in [0.2, 0.25) is 0 Å². The van der Waals surface area contributed by atoms with Crippen molar-refractivity contribution >= 4 is 0 Å². The minimum absolute atomic E-state index is 1.15. The molecule has 0 spiro atoms. The molecule has 0 rings (SSSR count). The summed E-state index contributed by atoms with van der Waals surface area (Å²) in [7, 11) is 0. The summed E-state index contributed by atoms with van der Waals surface area (Å²) in [5.74, 6) is 0. The molecule has 0 fully saturated rings. The first-order valence-electron chi connectivity index (χ1n) is 6.23. The van der Waals surface area contributed by atoms with Gasteiger partial charge in [0.25, 0.3) is 0 Å². The van der Waals surface area contributed by atoms with E-state index in [1.807, 2.05) is 68.4 Å². The van der Waals surface area contributed by atoms with Crippen LogP contribution in [0.15, 0.2) is 37.0 Å². The summed E-state index contributed by atoms with van der Waals surface area (Å²) < 4.78 is 0. The molecule has 0 aliphatic rings. The summed E-state index contributed by atoms with van der Waals surface area (Å²) in [6.07, 6.45) is 5.45. The van der Waals surface area contributed by atoms with Crippen LogP contribution in [-0.2, 0) is 0 Å². The van der Waals surface area contributed by atoms with E-state index in [4.69, 9.17) is 0 Å². The smallest absolute Gasteiger partial charge is 0.0398 e. The zero-order valence-electron chi connectivity index (χ0n) is 12.6. The number of allylic oxidation sites excluding steroid dienone is 4. The van der Waals surface area contributed by atoms with Crippen molar-refractivity contribution in [2.45, 2.75) is 62.3 Å². The molecule has 0 aliphatic heterocycles. The monoisotopic (exact) mass is 214 g/mol. The largest absolute Gasteiger partial charge is 0.0991 e. The Morgan fingerprint density at radius 1 is 0.733 bits per heavy atom. The molecule has 0 unspecified atom stereocenters. The fraction of sp³-hybridized carbons (Fsp3) is 0.600. The molecule has 0 nitrogen and oxygen atoms in total. The van der Waals surface area contributed by atoms with Gasteiger partial charge in [0, 0.05) is 0 Å². The molecule has 0 radical (unpaired) electrons. The minimum atomic E-state index is 1.15. The van der Waals surface area contributed by atoms with E-state index in [9.17, 15) is 0 Å². The molecule has 0 bridgehead atoms. The maximum absolute atomic E-state index is 3.56. The summed E-state index contributed by atoms with van der Waals surface area (Å²) in [6.45, 7) is 25.1. The molecule has 0 amide bonds. The molecule has 0 heteroatoms. The lowest BCUT2D eigenvalue weighted by atomic mass is 10.3. The molecule has 0 heterocycles. The Bertz CT molecular complexity index is 96.6. The van der Waals surface area contributed by atoms with Crippen LogP contribution in [0, 0.1) is 0 Å². The molecular weight excluding hydrogens is 180 g/mol. The van der Waals surface area contributed by atoms with Crippen molar-refractivity contribution in [2.24, 2.45) is 0 Å². The van der Waals surface area contributed by atoms with Gasteiger partial charge in [-0.05, 0) is 6.92 Å². The first-order valence-corrected chi connectivity index (χ1v) is 6.23. The molecule has 0 aromatic rings. The molecule has 0 N–H and O–H groups in total. The highest BCUT2D eigenvalue weighted by atomic mass is 13.8. The van der Waals surface area contributed by atoms with Crippen molar-refractivity contribution in [1.82, 2.24) is 0 Å². The van der Waals surface area contributed by atoms with Gasteiger partial charge in [0.2, 0.25) is 0 Å². The molecule has 0 saturated carbocycles. The number of rotatable bonds is 2. The quantitative estimate of drug-likeness (QED) is 0.466. The van der Waals surface area contributed by atoms with E-state index in [-0.39, 0.29) is 0 Å². The summed E-state index contributed by atoms with van der Waals surface area (Å²) in [6, 6.07) is 0. The summed E-state index contributed by atoms with van der Waals surface area (Å²) in [5.41, 5.74) is 1.15. The molecule has 94 valence electrons. The molecule has 0 aromatic heterocycles. The van der Waals surface area contributed by atoms with Crippen LogP contribution in [0.4, 0.5) is 0 Å². The molecule has 0 saturated heterocycles. The number of hydrogen-bond acceptors (Lipinski definition) is 0. The molecule has 0 atom stereocenters. The maximum Gasteiger partial charge on any atom is -0.0398 e.